The highest BCUT2D eigenvalue weighted by Gasteiger charge is 2.51. The first-order valence-corrected chi connectivity index (χ1v) is 16.2. The van der Waals surface area contributed by atoms with Crippen LogP contribution in [-0.4, -0.2) is 21.8 Å². The fourth-order valence-corrected chi connectivity index (χ4v) is 10.5. The fraction of sp³-hybridized carbons (Fsp3) is 0.0286. The van der Waals surface area contributed by atoms with Crippen molar-refractivity contribution in [2.75, 3.05) is 5.88 Å². The van der Waals surface area contributed by atoms with Crippen LogP contribution < -0.4 is 39.1 Å². The zero-order valence-corrected chi connectivity index (χ0v) is 25.2. The molecule has 6 aromatic rings. The van der Waals surface area contributed by atoms with E-state index in [-0.39, 0.29) is 18.3 Å². The van der Waals surface area contributed by atoms with Crippen molar-refractivity contribution in [3.05, 3.63) is 157 Å². The van der Waals surface area contributed by atoms with Crippen molar-refractivity contribution in [2.45, 2.75) is 5.03 Å². The minimum absolute atomic E-state index is 0. The molecule has 5 aromatic carbocycles. The molecule has 42 heavy (non-hydrogen) atoms. The van der Waals surface area contributed by atoms with Gasteiger partial charge in [0.05, 0.1) is 5.88 Å². The van der Waals surface area contributed by atoms with Crippen molar-refractivity contribution in [3.8, 4) is 11.4 Å². The lowest BCUT2D eigenvalue weighted by Gasteiger charge is -2.26. The Morgan fingerprint density at radius 1 is 0.643 bits per heavy atom. The highest BCUT2D eigenvalue weighted by molar-refractivity contribution is 8.04. The average molecular weight is 606 g/mol. The number of aromatic nitrogens is 2. The third-order valence-electron chi connectivity index (χ3n) is 6.94. The number of hydrogen-bond acceptors (Lipinski definition) is 3. The second-order valence-electron chi connectivity index (χ2n) is 9.44. The van der Waals surface area contributed by atoms with Gasteiger partial charge in [0.25, 0.3) is 5.91 Å². The Morgan fingerprint density at radius 3 is 1.55 bits per heavy atom. The lowest BCUT2D eigenvalue weighted by molar-refractivity contribution is -0.0000161. The molecule has 1 aromatic heterocycles. The van der Waals surface area contributed by atoms with Crippen molar-refractivity contribution in [2.24, 2.45) is 0 Å². The van der Waals surface area contributed by atoms with Crippen molar-refractivity contribution in [1.82, 2.24) is 15.3 Å². The summed E-state index contributed by atoms with van der Waals surface area (Å²) in [4.78, 5) is 21.8. The van der Waals surface area contributed by atoms with E-state index >= 15 is 0 Å². The molecule has 0 atom stereocenters. The Balaban J connectivity index is 0.00000353. The van der Waals surface area contributed by atoms with Gasteiger partial charge in [0, 0.05) is 11.1 Å². The van der Waals surface area contributed by atoms with E-state index in [9.17, 15) is 4.79 Å². The molecule has 1 amide bonds. The Kier molecular flexibility index (Phi) is 9.55. The lowest BCUT2D eigenvalue weighted by Crippen LogP contribution is -3.00. The molecule has 0 aliphatic rings. The number of rotatable bonds is 9. The SMILES string of the molecule is O=C(NCSc1nc(-c2ccccc2)[nH]c1[P+](c1ccccc1)(c1ccccc1)c1ccccc1)c1ccccc1.[Cl-]. The lowest BCUT2D eigenvalue weighted by atomic mass is 10.2. The van der Waals surface area contributed by atoms with Gasteiger partial charge in [-0.15, -0.1) is 0 Å². The maximum absolute atomic E-state index is 12.9. The quantitative estimate of drug-likeness (QED) is 0.151. The summed E-state index contributed by atoms with van der Waals surface area (Å²) >= 11 is 1.55. The average Bonchev–Trinajstić information content (AvgIpc) is 3.48. The van der Waals surface area contributed by atoms with Gasteiger partial charge in [0.15, 0.2) is 12.3 Å². The predicted molar refractivity (Wildman–Crippen MR) is 173 cm³/mol. The summed E-state index contributed by atoms with van der Waals surface area (Å²) in [7, 11) is -2.42. The summed E-state index contributed by atoms with van der Waals surface area (Å²) in [6.07, 6.45) is 0. The van der Waals surface area contributed by atoms with Crippen LogP contribution in [0.2, 0.25) is 0 Å². The van der Waals surface area contributed by atoms with Crippen molar-refractivity contribution in [1.29, 1.82) is 0 Å². The van der Waals surface area contributed by atoms with Crippen molar-refractivity contribution < 1.29 is 17.2 Å². The molecule has 0 radical (unpaired) electrons. The molecule has 0 saturated carbocycles. The smallest absolute Gasteiger partial charge is 0.251 e. The largest absolute Gasteiger partial charge is 1.00 e. The third-order valence-corrected chi connectivity index (χ3v) is 12.2. The molecule has 6 rings (SSSR count). The van der Waals surface area contributed by atoms with Crippen LogP contribution in [0.25, 0.3) is 11.4 Å². The van der Waals surface area contributed by atoms with Gasteiger partial charge in [-0.05, 0) is 48.5 Å². The van der Waals surface area contributed by atoms with E-state index in [1.54, 1.807) is 11.8 Å². The van der Waals surface area contributed by atoms with Gasteiger partial charge in [-0.1, -0.05) is 115 Å². The van der Waals surface area contributed by atoms with E-state index in [1.807, 2.05) is 48.5 Å². The molecule has 2 N–H and O–H groups in total. The van der Waals surface area contributed by atoms with Crippen LogP contribution in [0.3, 0.4) is 0 Å². The number of halogens is 1. The molecule has 0 spiro atoms. The number of hydrogen-bond donors (Lipinski definition) is 2. The molecular weight excluding hydrogens is 577 g/mol. The van der Waals surface area contributed by atoms with Gasteiger partial charge < -0.3 is 22.7 Å². The minimum atomic E-state index is -2.42. The number of carbonyl (C=O) groups is 1. The molecule has 0 bridgehead atoms. The number of thioether (sulfide) groups is 1. The second-order valence-corrected chi connectivity index (χ2v) is 13.7. The molecule has 0 unspecified atom stereocenters. The van der Waals surface area contributed by atoms with Gasteiger partial charge in [0.2, 0.25) is 5.44 Å². The number of H-pyrrole nitrogens is 1. The molecule has 1 heterocycles. The first-order valence-electron chi connectivity index (χ1n) is 13.4. The maximum atomic E-state index is 12.9. The zero-order valence-electron chi connectivity index (χ0n) is 22.7. The molecule has 0 fully saturated rings. The van der Waals surface area contributed by atoms with Crippen LogP contribution in [0.15, 0.2) is 157 Å². The summed E-state index contributed by atoms with van der Waals surface area (Å²) in [5.41, 5.74) is 2.72. The molecular formula is C35H29ClN3OPS. The van der Waals surface area contributed by atoms with Crippen molar-refractivity contribution >= 4 is 46.3 Å². The molecule has 0 saturated heterocycles. The van der Waals surface area contributed by atoms with Crippen LogP contribution in [0.1, 0.15) is 10.4 Å². The molecule has 0 aliphatic heterocycles. The molecule has 4 nitrogen and oxygen atoms in total. The summed E-state index contributed by atoms with van der Waals surface area (Å²) in [5.74, 6) is 1.09. The van der Waals surface area contributed by atoms with E-state index in [0.717, 1.165) is 21.8 Å². The zero-order chi connectivity index (χ0) is 27.9. The second kappa shape index (κ2) is 13.7. The normalized spacial score (nSPS) is 11.0. The van der Waals surface area contributed by atoms with E-state index in [4.69, 9.17) is 4.98 Å². The Bertz CT molecular complexity index is 1620. The molecule has 208 valence electrons. The van der Waals surface area contributed by atoms with Gasteiger partial charge in [0.1, 0.15) is 21.7 Å². The number of benzene rings is 5. The predicted octanol–water partition coefficient (Wildman–Crippen LogP) is 3.18. The number of amides is 1. The van der Waals surface area contributed by atoms with E-state index in [1.165, 1.54) is 15.9 Å². The van der Waals surface area contributed by atoms with Crippen LogP contribution in [0.5, 0.6) is 0 Å². The maximum Gasteiger partial charge on any atom is 0.251 e. The number of nitrogens with one attached hydrogen (secondary N) is 2. The summed E-state index contributed by atoms with van der Waals surface area (Å²) < 4.78 is 0. The van der Waals surface area contributed by atoms with Gasteiger partial charge >= 0.3 is 0 Å². The number of imidazole rings is 1. The first kappa shape index (κ1) is 29.3. The monoisotopic (exact) mass is 605 g/mol. The van der Waals surface area contributed by atoms with E-state index in [2.05, 4.69) is 113 Å². The number of aromatic amines is 1. The Morgan fingerprint density at radius 2 is 1.07 bits per heavy atom. The Labute approximate surface area is 257 Å². The first-order chi connectivity index (χ1) is 20.3. The molecule has 0 aliphatic carbocycles. The van der Waals surface area contributed by atoms with Gasteiger partial charge in [-0.2, -0.15) is 0 Å². The number of carbonyl (C=O) groups excluding carboxylic acids is 1. The van der Waals surface area contributed by atoms with Gasteiger partial charge in [-0.25, -0.2) is 4.98 Å². The fourth-order valence-electron chi connectivity index (χ4n) is 5.06. The van der Waals surface area contributed by atoms with Crippen LogP contribution >= 0.6 is 19.0 Å². The highest BCUT2D eigenvalue weighted by Crippen LogP contribution is 2.55. The summed E-state index contributed by atoms with van der Waals surface area (Å²) in [6, 6.07) is 51.7. The topological polar surface area (TPSA) is 57.8 Å². The Hall–Kier alpha value is -4.15. The van der Waals surface area contributed by atoms with Crippen molar-refractivity contribution in [3.63, 3.8) is 0 Å². The minimum Gasteiger partial charge on any atom is -1.00 e. The van der Waals surface area contributed by atoms with Gasteiger partial charge in [-0.3, -0.25) is 4.79 Å². The standard InChI is InChI=1S/C35H28N3OPS.ClH/c39-33(28-18-8-2-9-19-28)36-26-41-35-34(37-32(38-35)27-16-6-1-7-17-27)40(29-20-10-3-11-21-29,30-22-12-4-13-23-30)31-24-14-5-15-25-31;/h1-25H,26H2,(H-,36,37,38,39);1H. The van der Waals surface area contributed by atoms with Crippen LogP contribution in [0.4, 0.5) is 0 Å². The van der Waals surface area contributed by atoms with Crippen LogP contribution in [-0.2, 0) is 0 Å². The van der Waals surface area contributed by atoms with E-state index in [0.29, 0.717) is 11.4 Å². The highest BCUT2D eigenvalue weighted by atomic mass is 35.5. The third kappa shape index (κ3) is 5.91. The van der Waals surface area contributed by atoms with E-state index < -0.39 is 7.26 Å². The summed E-state index contributed by atoms with van der Waals surface area (Å²) in [6.45, 7) is 0. The number of nitrogens with zero attached hydrogens (tertiary/aromatic N) is 1. The molecule has 7 heteroatoms. The summed E-state index contributed by atoms with van der Waals surface area (Å²) in [5, 5.41) is 7.65. The van der Waals surface area contributed by atoms with Crippen LogP contribution in [0, 0.1) is 0 Å².